The van der Waals surface area contributed by atoms with Crippen molar-refractivity contribution in [2.45, 2.75) is 31.6 Å². The van der Waals surface area contributed by atoms with Crippen molar-refractivity contribution in [3.63, 3.8) is 0 Å². The number of carbonyl (C=O) groups excluding carboxylic acids is 2. The molecule has 7 rings (SSSR count). The van der Waals surface area contributed by atoms with Crippen LogP contribution in [-0.4, -0.2) is 41.0 Å². The molecule has 7 aromatic rings. The van der Waals surface area contributed by atoms with Gasteiger partial charge in [0.1, 0.15) is 10.6 Å². The third-order valence-electron chi connectivity index (χ3n) is 9.51. The summed E-state index contributed by atoms with van der Waals surface area (Å²) < 4.78 is 33.2. The molecule has 0 fully saturated rings. The predicted octanol–water partition coefficient (Wildman–Crippen LogP) is 11.9. The van der Waals surface area contributed by atoms with Gasteiger partial charge in [-0.05, 0) is 139 Å². The Bertz CT molecular complexity index is 3100. The molecule has 62 heavy (non-hydrogen) atoms. The fourth-order valence-electron chi connectivity index (χ4n) is 6.25. The number of fused-ring (bicyclic) bond motifs is 2. The highest BCUT2D eigenvalue weighted by Crippen LogP contribution is 2.38. The zero-order valence-electron chi connectivity index (χ0n) is 33.0. The molecule has 16 nitrogen and oxygen atoms in total. The Hall–Kier alpha value is -8.02. The molecular weight excluding hydrogens is 813 g/mol. The minimum Gasteiger partial charge on any atom is -0.505 e. The van der Waals surface area contributed by atoms with E-state index in [1.807, 2.05) is 26.0 Å². The fraction of sp³-hybridized carbons (Fsp3) is 0.0889. The normalized spacial score (nSPS) is 11.9. The molecule has 0 aromatic heterocycles. The standard InChI is InChI=1S/C45H36N8O8S/c1-26-23-40(27(2)22-39(26)52-49-33-15-13-32(14-16-33)48-50-35-12-6-28-4-3-5-41(37(28)25-35)62(59,60)61)53-51-38-19-9-30-24-34(17-18-36(30)44(38)57)47-45(58)29-7-10-31(11-8-29)46-42(54)20-21-43(55)56/h3-19,22-25,57H,20-21H2,1-2H3,(H,46,54)(H,47,58)(H,55,56)(H,59,60,61). The Morgan fingerprint density at radius 3 is 1.81 bits per heavy atom. The van der Waals surface area contributed by atoms with E-state index in [1.54, 1.807) is 97.1 Å². The van der Waals surface area contributed by atoms with E-state index in [0.717, 1.165) is 11.1 Å². The van der Waals surface area contributed by atoms with E-state index >= 15 is 0 Å². The van der Waals surface area contributed by atoms with Crippen LogP contribution in [0.2, 0.25) is 0 Å². The maximum absolute atomic E-state index is 12.9. The molecule has 0 aliphatic rings. The van der Waals surface area contributed by atoms with Crippen molar-refractivity contribution in [3.05, 3.63) is 144 Å². The van der Waals surface area contributed by atoms with Crippen molar-refractivity contribution in [2.75, 3.05) is 10.6 Å². The van der Waals surface area contributed by atoms with Gasteiger partial charge in [0.15, 0.2) is 5.75 Å². The van der Waals surface area contributed by atoms with E-state index in [4.69, 9.17) is 5.11 Å². The molecule has 5 N–H and O–H groups in total. The van der Waals surface area contributed by atoms with Crippen molar-refractivity contribution in [3.8, 4) is 5.75 Å². The zero-order chi connectivity index (χ0) is 44.0. The van der Waals surface area contributed by atoms with Crippen LogP contribution in [0.25, 0.3) is 21.5 Å². The Kier molecular flexibility index (Phi) is 12.3. The van der Waals surface area contributed by atoms with Crippen molar-refractivity contribution < 1.29 is 37.6 Å². The number of hydrogen-bond acceptors (Lipinski definition) is 12. The number of anilines is 2. The Morgan fingerprint density at radius 1 is 0.565 bits per heavy atom. The molecule has 0 aliphatic heterocycles. The number of amides is 2. The molecular formula is C45H36N8O8S. The van der Waals surface area contributed by atoms with Gasteiger partial charge in [-0.15, -0.1) is 5.11 Å². The maximum atomic E-state index is 12.9. The number of rotatable bonds is 13. The summed E-state index contributed by atoms with van der Waals surface area (Å²) in [5, 5.41) is 53.3. The van der Waals surface area contributed by atoms with Gasteiger partial charge in [-0.25, -0.2) is 0 Å². The summed E-state index contributed by atoms with van der Waals surface area (Å²) in [4.78, 5) is 35.3. The van der Waals surface area contributed by atoms with Crippen LogP contribution in [-0.2, 0) is 19.7 Å². The van der Waals surface area contributed by atoms with E-state index in [-0.39, 0.29) is 29.2 Å². The molecule has 0 unspecified atom stereocenters. The first-order valence-corrected chi connectivity index (χ1v) is 20.3. The van der Waals surface area contributed by atoms with Crippen molar-refractivity contribution in [2.24, 2.45) is 30.7 Å². The topological polar surface area (TPSA) is 244 Å². The summed E-state index contributed by atoms with van der Waals surface area (Å²) in [6, 6.07) is 34.7. The first kappa shape index (κ1) is 42.1. The molecule has 0 spiro atoms. The summed E-state index contributed by atoms with van der Waals surface area (Å²) in [5.74, 6) is -1.98. The monoisotopic (exact) mass is 848 g/mol. The smallest absolute Gasteiger partial charge is 0.303 e. The highest BCUT2D eigenvalue weighted by atomic mass is 32.2. The molecule has 0 bridgehead atoms. The average molecular weight is 849 g/mol. The quantitative estimate of drug-likeness (QED) is 0.0550. The summed E-state index contributed by atoms with van der Waals surface area (Å²) in [7, 11) is -4.42. The molecule has 0 heterocycles. The van der Waals surface area contributed by atoms with Crippen LogP contribution in [0.4, 0.5) is 45.5 Å². The zero-order valence-corrected chi connectivity index (χ0v) is 33.8. The molecule has 17 heteroatoms. The largest absolute Gasteiger partial charge is 0.505 e. The van der Waals surface area contributed by atoms with Gasteiger partial charge in [0, 0.05) is 34.1 Å². The number of phenolic OH excluding ortho intramolecular Hbond substituents is 1. The lowest BCUT2D eigenvalue weighted by Crippen LogP contribution is -2.14. The molecule has 0 aliphatic carbocycles. The highest BCUT2D eigenvalue weighted by molar-refractivity contribution is 7.86. The van der Waals surface area contributed by atoms with E-state index < -0.39 is 27.9 Å². The third-order valence-corrected chi connectivity index (χ3v) is 10.4. The van der Waals surface area contributed by atoms with E-state index in [2.05, 4.69) is 41.3 Å². The van der Waals surface area contributed by atoms with E-state index in [1.165, 1.54) is 18.2 Å². The number of carboxylic acid groups (broad SMARTS) is 1. The lowest BCUT2D eigenvalue weighted by molar-refractivity contribution is -0.138. The molecule has 7 aromatic carbocycles. The van der Waals surface area contributed by atoms with Gasteiger partial charge >= 0.3 is 5.97 Å². The molecule has 0 saturated carbocycles. The fourth-order valence-corrected chi connectivity index (χ4v) is 6.96. The number of carboxylic acids is 1. The number of aliphatic carboxylic acids is 1. The number of carbonyl (C=O) groups is 3. The minimum absolute atomic E-state index is 0.0830. The Morgan fingerprint density at radius 2 is 1.15 bits per heavy atom. The Balaban J connectivity index is 0.971. The van der Waals surface area contributed by atoms with Gasteiger partial charge in [-0.3, -0.25) is 18.9 Å². The van der Waals surface area contributed by atoms with E-state index in [9.17, 15) is 32.5 Å². The van der Waals surface area contributed by atoms with Gasteiger partial charge in [-0.2, -0.15) is 34.0 Å². The first-order chi connectivity index (χ1) is 29.7. The SMILES string of the molecule is Cc1cc(N=Nc2ccc3cc(NC(=O)c4ccc(NC(=O)CCC(=O)O)cc4)ccc3c2O)c(C)cc1N=Nc1ccc(N=Nc2ccc3cccc(S(=O)(=O)O)c3c2)cc1. The van der Waals surface area contributed by atoms with Crippen molar-refractivity contribution in [1.29, 1.82) is 0 Å². The first-order valence-electron chi connectivity index (χ1n) is 18.9. The number of nitrogens with zero attached hydrogens (tertiary/aromatic N) is 6. The van der Waals surface area contributed by atoms with E-state index in [0.29, 0.717) is 66.9 Å². The van der Waals surface area contributed by atoms with Gasteiger partial charge in [0.05, 0.1) is 34.9 Å². The number of nitrogens with one attached hydrogen (secondary N) is 2. The van der Waals surface area contributed by atoms with Crippen molar-refractivity contribution >= 4 is 94.9 Å². The number of aromatic hydroxyl groups is 1. The molecule has 2 amide bonds. The molecule has 0 radical (unpaired) electrons. The average Bonchev–Trinajstić information content (AvgIpc) is 3.25. The lowest BCUT2D eigenvalue weighted by Gasteiger charge is -2.10. The number of aryl methyl sites for hydroxylation is 2. The molecule has 0 atom stereocenters. The van der Waals surface area contributed by atoms with Crippen LogP contribution in [0.1, 0.15) is 34.3 Å². The summed E-state index contributed by atoms with van der Waals surface area (Å²) in [5.41, 5.74) is 5.78. The second-order valence-electron chi connectivity index (χ2n) is 14.0. The van der Waals surface area contributed by atoms with Crippen LogP contribution in [0.15, 0.2) is 163 Å². The maximum Gasteiger partial charge on any atom is 0.303 e. The van der Waals surface area contributed by atoms with Gasteiger partial charge < -0.3 is 20.8 Å². The number of hydrogen-bond donors (Lipinski definition) is 5. The van der Waals surface area contributed by atoms with Crippen LogP contribution >= 0.6 is 0 Å². The number of azo groups is 3. The second-order valence-corrected chi connectivity index (χ2v) is 15.4. The van der Waals surface area contributed by atoms with Gasteiger partial charge in [0.25, 0.3) is 16.0 Å². The number of benzene rings is 7. The van der Waals surface area contributed by atoms with Crippen molar-refractivity contribution in [1.82, 2.24) is 0 Å². The highest BCUT2D eigenvalue weighted by Gasteiger charge is 2.15. The minimum atomic E-state index is -4.42. The Labute approximate surface area is 354 Å². The van der Waals surface area contributed by atoms with Crippen LogP contribution in [0, 0.1) is 13.8 Å². The van der Waals surface area contributed by atoms with Crippen LogP contribution in [0.5, 0.6) is 5.75 Å². The summed E-state index contributed by atoms with van der Waals surface area (Å²) in [6.07, 6.45) is -0.443. The third kappa shape index (κ3) is 10.2. The lowest BCUT2D eigenvalue weighted by atomic mass is 10.1. The number of phenols is 1. The molecule has 0 saturated heterocycles. The van der Waals surface area contributed by atoms with Crippen LogP contribution < -0.4 is 10.6 Å². The summed E-state index contributed by atoms with van der Waals surface area (Å²) >= 11 is 0. The second kappa shape index (κ2) is 18.1. The van der Waals surface area contributed by atoms with Gasteiger partial charge in [-0.1, -0.05) is 24.3 Å². The molecule has 310 valence electrons. The predicted molar refractivity (Wildman–Crippen MR) is 234 cm³/mol. The van der Waals surface area contributed by atoms with Crippen LogP contribution in [0.3, 0.4) is 0 Å². The van der Waals surface area contributed by atoms with Gasteiger partial charge in [0.2, 0.25) is 5.91 Å². The summed E-state index contributed by atoms with van der Waals surface area (Å²) in [6.45, 7) is 3.73.